The van der Waals surface area contributed by atoms with Crippen molar-refractivity contribution in [1.82, 2.24) is 4.90 Å². The first-order valence-corrected chi connectivity index (χ1v) is 7.09. The zero-order chi connectivity index (χ0) is 14.4. The van der Waals surface area contributed by atoms with Crippen LogP contribution in [0.15, 0.2) is 0 Å². The fraction of sp³-hybridized carbons (Fsp3) is 0.917. The number of carbonyl (C=O) groups excluding carboxylic acids is 1. The summed E-state index contributed by atoms with van der Waals surface area (Å²) in [5.41, 5.74) is 5.90. The first-order chi connectivity index (χ1) is 8.93. The first-order valence-electron chi connectivity index (χ1n) is 6.46. The van der Waals surface area contributed by atoms with Crippen LogP contribution in [-0.4, -0.2) is 55.3 Å². The highest BCUT2D eigenvalue weighted by Gasteiger charge is 2.35. The fourth-order valence-corrected chi connectivity index (χ4v) is 2.48. The second-order valence-corrected chi connectivity index (χ2v) is 5.53. The normalized spacial score (nSPS) is 28.2. The predicted octanol–water partition coefficient (Wildman–Crippen LogP) is 1.79. The smallest absolute Gasteiger partial charge is 0.409 e. The van der Waals surface area contributed by atoms with E-state index in [0.29, 0.717) is 18.7 Å². The third kappa shape index (κ3) is 5.52. The van der Waals surface area contributed by atoms with Crippen LogP contribution in [-0.2, 0) is 4.74 Å². The number of hydrogen-bond acceptors (Lipinski definition) is 4. The van der Waals surface area contributed by atoms with Crippen molar-refractivity contribution in [2.45, 2.75) is 37.6 Å². The highest BCUT2D eigenvalue weighted by molar-refractivity contribution is 7.80. The minimum Gasteiger partial charge on any atom is -0.449 e. The summed E-state index contributed by atoms with van der Waals surface area (Å²) in [6, 6.07) is -0.295. The summed E-state index contributed by atoms with van der Waals surface area (Å²) in [4.78, 5) is 12.9. The molecule has 1 aliphatic carbocycles. The first kappa shape index (κ1) is 16.5. The Balaban J connectivity index is 2.27. The molecule has 0 aromatic rings. The predicted molar refractivity (Wildman–Crippen MR) is 72.9 cm³/mol. The number of nitrogens with zero attached hydrogens (tertiary/aromatic N) is 1. The Morgan fingerprint density at radius 1 is 1.47 bits per heavy atom. The number of thiol groups is 1. The summed E-state index contributed by atoms with van der Waals surface area (Å²) in [6.07, 6.45) is -2.22. The van der Waals surface area contributed by atoms with Crippen LogP contribution in [0, 0.1) is 5.92 Å². The number of ether oxygens (including phenoxy) is 1. The lowest BCUT2D eigenvalue weighted by molar-refractivity contribution is 0.114. The molecule has 0 spiro atoms. The molecule has 0 bridgehead atoms. The minimum atomic E-state index is -1.37. The van der Waals surface area contributed by atoms with E-state index in [4.69, 9.17) is 10.5 Å². The van der Waals surface area contributed by atoms with E-state index in [9.17, 15) is 13.6 Å². The number of amides is 1. The Labute approximate surface area is 118 Å². The molecule has 2 N–H and O–H groups in total. The highest BCUT2D eigenvalue weighted by Crippen LogP contribution is 2.33. The molecule has 1 rings (SSSR count). The van der Waals surface area contributed by atoms with Crippen LogP contribution in [0.3, 0.4) is 0 Å². The van der Waals surface area contributed by atoms with Gasteiger partial charge in [-0.2, -0.15) is 12.6 Å². The average Bonchev–Trinajstić information content (AvgIpc) is 2.64. The average molecular weight is 296 g/mol. The molecule has 112 valence electrons. The van der Waals surface area contributed by atoms with E-state index in [-0.39, 0.29) is 31.4 Å². The van der Waals surface area contributed by atoms with E-state index in [1.165, 1.54) is 4.90 Å². The summed E-state index contributed by atoms with van der Waals surface area (Å²) >= 11 is 3.94. The van der Waals surface area contributed by atoms with Gasteiger partial charge in [0.25, 0.3) is 0 Å². The zero-order valence-electron chi connectivity index (χ0n) is 11.1. The number of rotatable bonds is 6. The van der Waals surface area contributed by atoms with Crippen LogP contribution >= 0.6 is 12.6 Å². The van der Waals surface area contributed by atoms with Crippen molar-refractivity contribution in [2.75, 3.05) is 26.0 Å². The maximum atomic E-state index is 13.0. The van der Waals surface area contributed by atoms with E-state index in [1.54, 1.807) is 7.05 Å². The minimum absolute atomic E-state index is 0.0399. The van der Waals surface area contributed by atoms with Gasteiger partial charge in [0.2, 0.25) is 0 Å². The van der Waals surface area contributed by atoms with E-state index in [1.807, 2.05) is 0 Å². The molecule has 1 amide bonds. The maximum absolute atomic E-state index is 13.0. The van der Waals surface area contributed by atoms with Gasteiger partial charge in [-0.05, 0) is 25.2 Å². The third-order valence-electron chi connectivity index (χ3n) is 3.28. The Hall–Kier alpha value is -0.560. The molecule has 4 atom stereocenters. The second kappa shape index (κ2) is 7.89. The number of alkyl halides is 2. The van der Waals surface area contributed by atoms with Crippen molar-refractivity contribution in [3.8, 4) is 0 Å². The molecule has 0 aromatic carbocycles. The summed E-state index contributed by atoms with van der Waals surface area (Å²) in [5, 5.41) is 0. The molecule has 1 fully saturated rings. The van der Waals surface area contributed by atoms with Gasteiger partial charge in [0, 0.05) is 25.4 Å². The van der Waals surface area contributed by atoms with Gasteiger partial charge < -0.3 is 15.4 Å². The van der Waals surface area contributed by atoms with Crippen molar-refractivity contribution in [3.05, 3.63) is 0 Å². The van der Waals surface area contributed by atoms with Crippen molar-refractivity contribution in [3.63, 3.8) is 0 Å². The molecule has 1 unspecified atom stereocenters. The number of halogens is 2. The van der Waals surface area contributed by atoms with Gasteiger partial charge >= 0.3 is 6.09 Å². The van der Waals surface area contributed by atoms with E-state index in [2.05, 4.69) is 12.6 Å². The number of carbonyl (C=O) groups is 1. The fourth-order valence-electron chi connectivity index (χ4n) is 2.39. The molecule has 1 aliphatic rings. The van der Waals surface area contributed by atoms with Gasteiger partial charge in [0.15, 0.2) is 0 Å². The Bertz CT molecular complexity index is 287. The van der Waals surface area contributed by atoms with Crippen LogP contribution in [0.5, 0.6) is 0 Å². The number of likely N-dealkylation sites (N-methyl/N-ethyl adjacent to an activating group) is 1. The van der Waals surface area contributed by atoms with Crippen LogP contribution in [0.25, 0.3) is 0 Å². The molecular formula is C12H22F2N2O2S. The largest absolute Gasteiger partial charge is 0.449 e. The van der Waals surface area contributed by atoms with Crippen LogP contribution < -0.4 is 5.73 Å². The molecule has 0 saturated heterocycles. The maximum Gasteiger partial charge on any atom is 0.409 e. The lowest BCUT2D eigenvalue weighted by Crippen LogP contribution is -2.40. The van der Waals surface area contributed by atoms with Crippen molar-refractivity contribution in [1.29, 1.82) is 0 Å². The van der Waals surface area contributed by atoms with Gasteiger partial charge in [-0.25, -0.2) is 13.6 Å². The molecule has 19 heavy (non-hydrogen) atoms. The molecule has 1 saturated carbocycles. The Morgan fingerprint density at radius 2 is 2.05 bits per heavy atom. The zero-order valence-corrected chi connectivity index (χ0v) is 12.0. The third-order valence-corrected chi connectivity index (χ3v) is 3.46. The van der Waals surface area contributed by atoms with Gasteiger partial charge in [0.05, 0.1) is 0 Å². The van der Waals surface area contributed by atoms with Crippen molar-refractivity contribution >= 4 is 18.7 Å². The van der Waals surface area contributed by atoms with E-state index < -0.39 is 18.4 Å². The van der Waals surface area contributed by atoms with Crippen LogP contribution in [0.1, 0.15) is 19.3 Å². The lowest BCUT2D eigenvalue weighted by Gasteiger charge is -2.22. The second-order valence-electron chi connectivity index (χ2n) is 5.08. The van der Waals surface area contributed by atoms with Crippen LogP contribution in [0.2, 0.25) is 0 Å². The summed E-state index contributed by atoms with van der Waals surface area (Å²) < 4.78 is 31.0. The van der Waals surface area contributed by atoms with E-state index >= 15 is 0 Å². The quantitative estimate of drug-likeness (QED) is 0.735. The van der Waals surface area contributed by atoms with E-state index in [0.717, 1.165) is 0 Å². The van der Waals surface area contributed by atoms with Gasteiger partial charge in [-0.1, -0.05) is 0 Å². The molecule has 0 aromatic heterocycles. The van der Waals surface area contributed by atoms with Crippen molar-refractivity contribution < 1.29 is 18.3 Å². The SMILES string of the molecule is CN(C[C@@H](N)CC1C[C@@H](F)[C@@H](F)C1)C(=O)OCCS. The standard InChI is InChI=1S/C12H22F2N2O2S/c1-16(12(17)18-2-3-19)7-9(15)4-8-5-10(13)11(14)6-8/h8-11,19H,2-7,15H2,1H3/t8?,9-,10-,11+/m0/s1. The van der Waals surface area contributed by atoms with Crippen LogP contribution in [0.4, 0.5) is 13.6 Å². The number of nitrogens with two attached hydrogens (primary N) is 1. The molecule has 7 heteroatoms. The topological polar surface area (TPSA) is 55.6 Å². The van der Waals surface area contributed by atoms with Gasteiger partial charge in [-0.15, -0.1) is 0 Å². The molecule has 0 heterocycles. The number of hydrogen-bond donors (Lipinski definition) is 2. The molecule has 4 nitrogen and oxygen atoms in total. The monoisotopic (exact) mass is 296 g/mol. The molecular weight excluding hydrogens is 274 g/mol. The highest BCUT2D eigenvalue weighted by atomic mass is 32.1. The molecule has 0 radical (unpaired) electrons. The Kier molecular flexibility index (Phi) is 6.85. The van der Waals surface area contributed by atoms with Crippen molar-refractivity contribution in [2.24, 2.45) is 11.7 Å². The lowest BCUT2D eigenvalue weighted by atomic mass is 9.98. The molecule has 0 aliphatic heterocycles. The summed E-state index contributed by atoms with van der Waals surface area (Å²) in [7, 11) is 1.59. The van der Waals surface area contributed by atoms with Gasteiger partial charge in [-0.3, -0.25) is 0 Å². The summed E-state index contributed by atoms with van der Waals surface area (Å²) in [6.45, 7) is 0.563. The Morgan fingerprint density at radius 3 is 2.58 bits per heavy atom. The van der Waals surface area contributed by atoms with Gasteiger partial charge in [0.1, 0.15) is 19.0 Å². The summed E-state index contributed by atoms with van der Waals surface area (Å²) in [5.74, 6) is 0.422.